The number of rotatable bonds is 1. The van der Waals surface area contributed by atoms with E-state index >= 15 is 0 Å². The molecule has 0 fully saturated rings. The van der Waals surface area contributed by atoms with Crippen molar-refractivity contribution in [3.8, 4) is 0 Å². The fraction of sp³-hybridized carbons (Fsp3) is 0.200. The number of amides is 1. The predicted molar refractivity (Wildman–Crippen MR) is 66.9 cm³/mol. The number of hydrogen-bond acceptors (Lipinski definition) is 4. The molecule has 0 saturated heterocycles. The maximum absolute atomic E-state index is 11.5. The molecular formula is C10H9Cl2N3O2. The van der Waals surface area contributed by atoms with Gasteiger partial charge in [0, 0.05) is 11.6 Å². The van der Waals surface area contributed by atoms with E-state index in [0.29, 0.717) is 28.8 Å². The molecule has 0 radical (unpaired) electrons. The smallest absolute Gasteiger partial charge is 0.376 e. The minimum Gasteiger partial charge on any atom is -0.376 e. The Bertz CT molecular complexity index is 477. The van der Waals surface area contributed by atoms with Crippen LogP contribution >= 0.6 is 23.2 Å². The molecule has 1 aromatic carbocycles. The van der Waals surface area contributed by atoms with Gasteiger partial charge in [-0.3, -0.25) is 5.32 Å². The molecule has 17 heavy (non-hydrogen) atoms. The number of halogens is 2. The second-order valence-electron chi connectivity index (χ2n) is 3.25. The normalized spacial score (nSPS) is 13.9. The number of aliphatic imine (C=N–C) groups is 1. The van der Waals surface area contributed by atoms with E-state index in [1.165, 1.54) is 6.07 Å². The molecule has 90 valence electrons. The second kappa shape index (κ2) is 5.25. The highest BCUT2D eigenvalue weighted by Crippen LogP contribution is 2.25. The largest absolute Gasteiger partial charge is 0.419 e. The van der Waals surface area contributed by atoms with Gasteiger partial charge in [0.05, 0.1) is 17.3 Å². The summed E-state index contributed by atoms with van der Waals surface area (Å²) >= 11 is 11.6. The molecule has 1 amide bonds. The van der Waals surface area contributed by atoms with Crippen LogP contribution in [0, 0.1) is 0 Å². The van der Waals surface area contributed by atoms with Crippen LogP contribution in [0.1, 0.15) is 0 Å². The van der Waals surface area contributed by atoms with Gasteiger partial charge in [-0.25, -0.2) is 9.79 Å². The summed E-state index contributed by atoms with van der Waals surface area (Å²) in [4.78, 5) is 15.4. The van der Waals surface area contributed by atoms with Gasteiger partial charge in [0.2, 0.25) is 0 Å². The fourth-order valence-electron chi connectivity index (χ4n) is 1.26. The number of carbonyl (C=O) groups is 1. The Morgan fingerprint density at radius 3 is 2.94 bits per heavy atom. The van der Waals surface area contributed by atoms with Gasteiger partial charge in [0.15, 0.2) is 0 Å². The third-order valence-corrected chi connectivity index (χ3v) is 2.55. The van der Waals surface area contributed by atoms with E-state index in [9.17, 15) is 4.79 Å². The van der Waals surface area contributed by atoms with Crippen molar-refractivity contribution in [3.63, 3.8) is 0 Å². The van der Waals surface area contributed by atoms with Gasteiger partial charge in [-0.15, -0.1) is 0 Å². The van der Waals surface area contributed by atoms with Gasteiger partial charge in [0.1, 0.15) is 0 Å². The first kappa shape index (κ1) is 12.0. The van der Waals surface area contributed by atoms with Gasteiger partial charge in [0.25, 0.3) is 6.02 Å². The molecule has 2 N–H and O–H groups in total. The van der Waals surface area contributed by atoms with E-state index in [2.05, 4.69) is 15.6 Å². The quantitative estimate of drug-likeness (QED) is 0.827. The number of nitrogens with zero attached hydrogens (tertiary/aromatic N) is 1. The highest BCUT2D eigenvalue weighted by molar-refractivity contribution is 6.36. The SMILES string of the molecule is O=C(Nc1ccc(Cl)cc1Cl)OC1=NCCN1. The van der Waals surface area contributed by atoms with E-state index in [0.717, 1.165) is 0 Å². The zero-order valence-electron chi connectivity index (χ0n) is 8.67. The van der Waals surface area contributed by atoms with Gasteiger partial charge < -0.3 is 10.1 Å². The standard InChI is InChI=1S/C10H9Cl2N3O2/c11-6-1-2-8(7(12)5-6)15-10(16)17-9-13-3-4-14-9/h1-2,5H,3-4H2,(H,13,14)(H,15,16). The molecular weight excluding hydrogens is 265 g/mol. The molecule has 0 unspecified atom stereocenters. The molecule has 1 aliphatic heterocycles. The summed E-state index contributed by atoms with van der Waals surface area (Å²) in [6, 6.07) is 4.96. The maximum atomic E-state index is 11.5. The number of ether oxygens (including phenoxy) is 1. The highest BCUT2D eigenvalue weighted by Gasteiger charge is 2.13. The van der Waals surface area contributed by atoms with E-state index in [1.807, 2.05) is 0 Å². The Kier molecular flexibility index (Phi) is 3.71. The lowest BCUT2D eigenvalue weighted by atomic mass is 10.3. The first-order valence-corrected chi connectivity index (χ1v) is 5.63. The average Bonchev–Trinajstić information content (AvgIpc) is 2.75. The molecule has 2 rings (SSSR count). The average molecular weight is 274 g/mol. The van der Waals surface area contributed by atoms with Gasteiger partial charge in [-0.1, -0.05) is 23.2 Å². The maximum Gasteiger partial charge on any atom is 0.419 e. The molecule has 0 aliphatic carbocycles. The summed E-state index contributed by atoms with van der Waals surface area (Å²) < 4.78 is 4.90. The molecule has 1 aromatic rings. The summed E-state index contributed by atoms with van der Waals surface area (Å²) in [6.07, 6.45) is -0.651. The van der Waals surface area contributed by atoms with Crippen molar-refractivity contribution >= 4 is 41.0 Å². The van der Waals surface area contributed by atoms with Crippen LogP contribution in [0.15, 0.2) is 23.2 Å². The van der Waals surface area contributed by atoms with Crippen LogP contribution < -0.4 is 10.6 Å². The molecule has 7 heteroatoms. The number of hydrogen-bond donors (Lipinski definition) is 2. The Morgan fingerprint density at radius 2 is 2.29 bits per heavy atom. The number of nitrogens with one attached hydrogen (secondary N) is 2. The van der Waals surface area contributed by atoms with E-state index in [-0.39, 0.29) is 6.02 Å². The van der Waals surface area contributed by atoms with Crippen molar-refractivity contribution in [2.75, 3.05) is 18.4 Å². The first-order chi connectivity index (χ1) is 8.15. The van der Waals surface area contributed by atoms with Crippen LogP contribution in [-0.2, 0) is 4.74 Å². The number of amidine groups is 1. The predicted octanol–water partition coefficient (Wildman–Crippen LogP) is 2.50. The van der Waals surface area contributed by atoms with Crippen molar-refractivity contribution in [1.82, 2.24) is 5.32 Å². The number of carbonyl (C=O) groups excluding carboxylic acids is 1. The van der Waals surface area contributed by atoms with E-state index in [4.69, 9.17) is 27.9 Å². The topological polar surface area (TPSA) is 62.7 Å². The van der Waals surface area contributed by atoms with Crippen LogP contribution in [0.2, 0.25) is 10.0 Å². The van der Waals surface area contributed by atoms with Crippen molar-refractivity contribution in [3.05, 3.63) is 28.2 Å². The lowest BCUT2D eigenvalue weighted by Gasteiger charge is -2.07. The first-order valence-electron chi connectivity index (χ1n) is 4.87. The van der Waals surface area contributed by atoms with Crippen molar-refractivity contribution in [2.45, 2.75) is 0 Å². The van der Waals surface area contributed by atoms with Gasteiger partial charge >= 0.3 is 6.09 Å². The highest BCUT2D eigenvalue weighted by atomic mass is 35.5. The zero-order valence-corrected chi connectivity index (χ0v) is 10.2. The summed E-state index contributed by atoms with van der Waals surface area (Å²) in [5.41, 5.74) is 0.430. The van der Waals surface area contributed by atoms with Gasteiger partial charge in [-0.2, -0.15) is 0 Å². The van der Waals surface area contributed by atoms with E-state index < -0.39 is 6.09 Å². The van der Waals surface area contributed by atoms with E-state index in [1.54, 1.807) is 12.1 Å². The molecule has 0 saturated carbocycles. The third-order valence-electron chi connectivity index (χ3n) is 2.00. The van der Waals surface area contributed by atoms with Crippen LogP contribution in [0.5, 0.6) is 0 Å². The number of benzene rings is 1. The summed E-state index contributed by atoms with van der Waals surface area (Å²) in [6.45, 7) is 1.27. The van der Waals surface area contributed by atoms with Crippen LogP contribution in [0.25, 0.3) is 0 Å². The molecule has 0 bridgehead atoms. The molecule has 0 atom stereocenters. The summed E-state index contributed by atoms with van der Waals surface area (Å²) in [7, 11) is 0. The Balaban J connectivity index is 1.98. The Hall–Kier alpha value is -1.46. The molecule has 0 aromatic heterocycles. The lowest BCUT2D eigenvalue weighted by Crippen LogP contribution is -2.27. The van der Waals surface area contributed by atoms with Crippen LogP contribution in [0.3, 0.4) is 0 Å². The lowest BCUT2D eigenvalue weighted by molar-refractivity contribution is 0.210. The zero-order chi connectivity index (χ0) is 12.3. The van der Waals surface area contributed by atoms with Crippen molar-refractivity contribution < 1.29 is 9.53 Å². The van der Waals surface area contributed by atoms with Crippen LogP contribution in [0.4, 0.5) is 10.5 Å². The monoisotopic (exact) mass is 273 g/mol. The summed E-state index contributed by atoms with van der Waals surface area (Å²) in [5.74, 6) is 0. The van der Waals surface area contributed by atoms with Crippen molar-refractivity contribution in [1.29, 1.82) is 0 Å². The van der Waals surface area contributed by atoms with Crippen LogP contribution in [-0.4, -0.2) is 25.2 Å². The molecule has 1 aliphatic rings. The molecule has 5 nitrogen and oxygen atoms in total. The minimum atomic E-state index is -0.651. The minimum absolute atomic E-state index is 0.215. The molecule has 1 heterocycles. The Labute approximate surface area is 108 Å². The third kappa shape index (κ3) is 3.25. The van der Waals surface area contributed by atoms with Gasteiger partial charge in [-0.05, 0) is 18.2 Å². The fourth-order valence-corrected chi connectivity index (χ4v) is 1.71. The number of anilines is 1. The summed E-state index contributed by atoms with van der Waals surface area (Å²) in [5, 5.41) is 6.14. The Morgan fingerprint density at radius 1 is 1.47 bits per heavy atom. The molecule has 0 spiro atoms. The van der Waals surface area contributed by atoms with Crippen molar-refractivity contribution in [2.24, 2.45) is 4.99 Å². The second-order valence-corrected chi connectivity index (χ2v) is 4.10.